The lowest BCUT2D eigenvalue weighted by molar-refractivity contribution is -0.384. The van der Waals surface area contributed by atoms with Gasteiger partial charge in [0, 0.05) is 25.2 Å². The number of ether oxygens (including phenoxy) is 1. The molecule has 7 nitrogen and oxygen atoms in total. The molecule has 0 aliphatic carbocycles. The second-order valence-electron chi connectivity index (χ2n) is 4.47. The number of hydrogen-bond acceptors (Lipinski definition) is 5. The summed E-state index contributed by atoms with van der Waals surface area (Å²) in [7, 11) is 0. The molecule has 1 aromatic rings. The van der Waals surface area contributed by atoms with Gasteiger partial charge in [-0.05, 0) is 0 Å². The van der Waals surface area contributed by atoms with Gasteiger partial charge < -0.3 is 14.7 Å². The first-order valence-corrected chi connectivity index (χ1v) is 6.84. The molecule has 0 radical (unpaired) electrons. The molecule has 1 aliphatic rings. The van der Waals surface area contributed by atoms with Crippen LogP contribution >= 0.6 is 23.2 Å². The Kier molecular flexibility index (Phi) is 5.00. The number of hydrogen-bond donors (Lipinski definition) is 1. The van der Waals surface area contributed by atoms with Gasteiger partial charge in [0.15, 0.2) is 0 Å². The maximum absolute atomic E-state index is 12.4. The third-order valence-corrected chi connectivity index (χ3v) is 3.89. The van der Waals surface area contributed by atoms with Crippen molar-refractivity contribution in [1.82, 2.24) is 4.90 Å². The highest BCUT2D eigenvalue weighted by atomic mass is 35.5. The highest BCUT2D eigenvalue weighted by molar-refractivity contribution is 6.44. The van der Waals surface area contributed by atoms with Gasteiger partial charge in [-0.2, -0.15) is 0 Å². The first-order valence-electron chi connectivity index (χ1n) is 6.09. The molecule has 21 heavy (non-hydrogen) atoms. The van der Waals surface area contributed by atoms with E-state index in [4.69, 9.17) is 33.0 Å². The zero-order valence-corrected chi connectivity index (χ0v) is 12.3. The topological polar surface area (TPSA) is 92.9 Å². The van der Waals surface area contributed by atoms with Gasteiger partial charge in [0.05, 0.1) is 39.8 Å². The third kappa shape index (κ3) is 3.44. The molecule has 1 aliphatic heterocycles. The second kappa shape index (κ2) is 6.57. The zero-order chi connectivity index (χ0) is 15.6. The third-order valence-electron chi connectivity index (χ3n) is 3.08. The van der Waals surface area contributed by atoms with E-state index in [0.717, 1.165) is 12.1 Å². The number of aliphatic hydroxyl groups is 1. The summed E-state index contributed by atoms with van der Waals surface area (Å²) in [6.45, 7) is 0.558. The maximum Gasteiger partial charge on any atom is 0.271 e. The van der Waals surface area contributed by atoms with Crippen LogP contribution in [0.5, 0.6) is 0 Å². The normalized spacial score (nSPS) is 18.6. The minimum absolute atomic E-state index is 0.0284. The zero-order valence-electron chi connectivity index (χ0n) is 10.8. The van der Waals surface area contributed by atoms with Crippen LogP contribution in [-0.2, 0) is 4.74 Å². The Bertz CT molecular complexity index is 581. The van der Waals surface area contributed by atoms with Crippen LogP contribution in [-0.4, -0.2) is 53.2 Å². The molecule has 1 amide bonds. The maximum atomic E-state index is 12.4. The molecule has 0 spiro atoms. The first kappa shape index (κ1) is 16.0. The van der Waals surface area contributed by atoms with Crippen molar-refractivity contribution in [2.75, 3.05) is 26.3 Å². The number of carbonyl (C=O) groups is 1. The lowest BCUT2D eigenvalue weighted by atomic mass is 10.1. The standard InChI is InChI=1S/C12H12Cl2N2O5/c13-10-4-7(16(19)20)3-9(11(10)14)12(18)15-1-2-21-8(5-15)6-17/h3-4,8,17H,1-2,5-6H2. The van der Waals surface area contributed by atoms with Crippen molar-refractivity contribution in [2.24, 2.45) is 0 Å². The fourth-order valence-electron chi connectivity index (χ4n) is 2.02. The molecular formula is C12H12Cl2N2O5. The van der Waals surface area contributed by atoms with Crippen molar-refractivity contribution < 1.29 is 19.6 Å². The summed E-state index contributed by atoms with van der Waals surface area (Å²) in [6, 6.07) is 2.19. The van der Waals surface area contributed by atoms with Crippen molar-refractivity contribution in [1.29, 1.82) is 0 Å². The molecule has 0 aromatic heterocycles. The number of rotatable bonds is 3. The van der Waals surface area contributed by atoms with E-state index in [1.54, 1.807) is 0 Å². The van der Waals surface area contributed by atoms with Gasteiger partial charge in [0.1, 0.15) is 0 Å². The molecule has 2 rings (SSSR count). The van der Waals surface area contributed by atoms with Gasteiger partial charge >= 0.3 is 0 Å². The number of aliphatic hydroxyl groups excluding tert-OH is 1. The monoisotopic (exact) mass is 334 g/mol. The van der Waals surface area contributed by atoms with E-state index in [-0.39, 0.29) is 41.1 Å². The molecule has 1 heterocycles. The van der Waals surface area contributed by atoms with Crippen molar-refractivity contribution in [2.45, 2.75) is 6.10 Å². The van der Waals surface area contributed by atoms with Crippen LogP contribution in [0.4, 0.5) is 5.69 Å². The summed E-state index contributed by atoms with van der Waals surface area (Å²) < 4.78 is 5.25. The van der Waals surface area contributed by atoms with E-state index >= 15 is 0 Å². The van der Waals surface area contributed by atoms with E-state index in [1.165, 1.54) is 4.90 Å². The number of benzene rings is 1. The van der Waals surface area contributed by atoms with E-state index in [1.807, 2.05) is 0 Å². The summed E-state index contributed by atoms with van der Waals surface area (Å²) in [4.78, 5) is 24.1. The molecule has 1 unspecified atom stereocenters. The van der Waals surface area contributed by atoms with Crippen LogP contribution in [0.1, 0.15) is 10.4 Å². The molecule has 114 valence electrons. The highest BCUT2D eigenvalue weighted by Gasteiger charge is 2.28. The number of halogens is 2. The van der Waals surface area contributed by atoms with E-state index in [0.29, 0.717) is 6.54 Å². The molecule has 1 N–H and O–H groups in total. The lowest BCUT2D eigenvalue weighted by Gasteiger charge is -2.32. The lowest BCUT2D eigenvalue weighted by Crippen LogP contribution is -2.47. The number of non-ortho nitro benzene ring substituents is 1. The van der Waals surface area contributed by atoms with E-state index in [9.17, 15) is 14.9 Å². The van der Waals surface area contributed by atoms with Gasteiger partial charge in [-0.15, -0.1) is 0 Å². The Morgan fingerprint density at radius 1 is 1.52 bits per heavy atom. The Labute approximate surface area is 130 Å². The van der Waals surface area contributed by atoms with Crippen LogP contribution in [0.2, 0.25) is 10.0 Å². The summed E-state index contributed by atoms with van der Waals surface area (Å²) in [5, 5.41) is 19.8. The van der Waals surface area contributed by atoms with Crippen molar-refractivity contribution >= 4 is 34.8 Å². The van der Waals surface area contributed by atoms with E-state index in [2.05, 4.69) is 0 Å². The summed E-state index contributed by atoms with van der Waals surface area (Å²) in [5.74, 6) is -0.479. The van der Waals surface area contributed by atoms with Crippen molar-refractivity contribution in [3.8, 4) is 0 Å². The predicted molar refractivity (Wildman–Crippen MR) is 75.8 cm³/mol. The first-order chi connectivity index (χ1) is 9.93. The number of nitro benzene ring substituents is 1. The van der Waals surface area contributed by atoms with Gasteiger partial charge in [-0.3, -0.25) is 14.9 Å². The molecule has 1 aromatic carbocycles. The number of nitrogens with zero attached hydrogens (tertiary/aromatic N) is 2. The van der Waals surface area contributed by atoms with Gasteiger partial charge in [0.2, 0.25) is 0 Å². The SMILES string of the molecule is O=C(c1cc([N+](=O)[O-])cc(Cl)c1Cl)N1CCOC(CO)C1. The fourth-order valence-corrected chi connectivity index (χ4v) is 2.42. The summed E-state index contributed by atoms with van der Waals surface area (Å²) in [5.41, 5.74) is -0.339. The van der Waals surface area contributed by atoms with Crippen LogP contribution < -0.4 is 0 Å². The highest BCUT2D eigenvalue weighted by Crippen LogP contribution is 2.31. The predicted octanol–water partition coefficient (Wildman–Crippen LogP) is 1.73. The van der Waals surface area contributed by atoms with Crippen LogP contribution in [0, 0.1) is 10.1 Å². The number of carbonyl (C=O) groups excluding carboxylic acids is 1. The number of nitro groups is 1. The molecule has 1 atom stereocenters. The van der Waals surface area contributed by atoms with E-state index < -0.39 is 16.9 Å². The Morgan fingerprint density at radius 3 is 2.86 bits per heavy atom. The van der Waals surface area contributed by atoms with Gasteiger partial charge in [0.25, 0.3) is 11.6 Å². The minimum atomic E-state index is -0.644. The Morgan fingerprint density at radius 2 is 2.24 bits per heavy atom. The quantitative estimate of drug-likeness (QED) is 0.671. The van der Waals surface area contributed by atoms with Crippen molar-refractivity contribution in [3.05, 3.63) is 37.9 Å². The molecule has 1 saturated heterocycles. The largest absolute Gasteiger partial charge is 0.394 e. The molecular weight excluding hydrogens is 323 g/mol. The van der Waals surface area contributed by atoms with Gasteiger partial charge in [-0.1, -0.05) is 23.2 Å². The molecule has 9 heteroatoms. The smallest absolute Gasteiger partial charge is 0.271 e. The number of amides is 1. The van der Waals surface area contributed by atoms with Crippen LogP contribution in [0.25, 0.3) is 0 Å². The Balaban J connectivity index is 2.32. The second-order valence-corrected chi connectivity index (χ2v) is 5.26. The summed E-state index contributed by atoms with van der Waals surface area (Å²) in [6.07, 6.45) is -0.476. The van der Waals surface area contributed by atoms with Gasteiger partial charge in [-0.25, -0.2) is 0 Å². The van der Waals surface area contributed by atoms with Crippen LogP contribution in [0.15, 0.2) is 12.1 Å². The average Bonchev–Trinajstić information content (AvgIpc) is 2.49. The van der Waals surface area contributed by atoms with Crippen LogP contribution in [0.3, 0.4) is 0 Å². The average molecular weight is 335 g/mol. The molecule has 1 fully saturated rings. The minimum Gasteiger partial charge on any atom is -0.394 e. The number of morpholine rings is 1. The summed E-state index contributed by atoms with van der Waals surface area (Å²) >= 11 is 11.8. The molecule has 0 bridgehead atoms. The molecule has 0 saturated carbocycles. The fraction of sp³-hybridized carbons (Fsp3) is 0.417. The van der Waals surface area contributed by atoms with Crippen molar-refractivity contribution in [3.63, 3.8) is 0 Å². The Hall–Kier alpha value is -1.41.